The van der Waals surface area contributed by atoms with E-state index >= 15 is 0 Å². The number of rotatable bonds is 5. The standard InChI is InChI=1S/C47H36N2/c1-47(2)43-17-9-10-18-45(43)49(42-25-22-36-13-5-8-16-39(36)32-42)46-26-19-33(29-44(46)47)27-28-48(40-23-20-34-11-3-6-14-37(34)30-40)41-24-21-35-12-4-7-15-38(35)31-41/h3-32H,1-2H3/b28-27+. The highest BCUT2D eigenvalue weighted by atomic mass is 15.2. The normalized spacial score (nSPS) is 13.6. The first-order chi connectivity index (χ1) is 24.0. The zero-order chi connectivity index (χ0) is 33.0. The molecule has 0 aromatic heterocycles. The number of fused-ring (bicyclic) bond motifs is 5. The number of hydrogen-bond donors (Lipinski definition) is 0. The lowest BCUT2D eigenvalue weighted by Gasteiger charge is -2.42. The summed E-state index contributed by atoms with van der Waals surface area (Å²) in [5, 5.41) is 7.42. The van der Waals surface area contributed by atoms with E-state index in [9.17, 15) is 0 Å². The second kappa shape index (κ2) is 11.5. The van der Waals surface area contributed by atoms with Gasteiger partial charge in [0.25, 0.3) is 0 Å². The number of anilines is 5. The minimum absolute atomic E-state index is 0.181. The first-order valence-electron chi connectivity index (χ1n) is 17.0. The highest BCUT2D eigenvalue weighted by molar-refractivity contribution is 5.93. The number of para-hydroxylation sites is 1. The fraction of sp³-hybridized carbons (Fsp3) is 0.0638. The van der Waals surface area contributed by atoms with Crippen molar-refractivity contribution in [2.24, 2.45) is 0 Å². The van der Waals surface area contributed by atoms with Gasteiger partial charge in [-0.25, -0.2) is 0 Å². The second-order valence-corrected chi connectivity index (χ2v) is 13.5. The highest BCUT2D eigenvalue weighted by Crippen LogP contribution is 2.52. The predicted molar refractivity (Wildman–Crippen MR) is 210 cm³/mol. The van der Waals surface area contributed by atoms with Crippen molar-refractivity contribution in [3.63, 3.8) is 0 Å². The molecule has 2 heteroatoms. The van der Waals surface area contributed by atoms with Gasteiger partial charge >= 0.3 is 0 Å². The van der Waals surface area contributed by atoms with Gasteiger partial charge in [0.05, 0.1) is 11.4 Å². The van der Waals surface area contributed by atoms with E-state index in [4.69, 9.17) is 0 Å². The van der Waals surface area contributed by atoms with Gasteiger partial charge in [0.1, 0.15) is 0 Å². The molecule has 0 saturated heterocycles. The Kier molecular flexibility index (Phi) is 6.84. The Morgan fingerprint density at radius 3 is 1.59 bits per heavy atom. The summed E-state index contributed by atoms with van der Waals surface area (Å²) in [5.41, 5.74) is 9.49. The van der Waals surface area contributed by atoms with Crippen molar-refractivity contribution in [3.8, 4) is 0 Å². The molecule has 0 fully saturated rings. The van der Waals surface area contributed by atoms with Crippen LogP contribution < -0.4 is 9.80 Å². The molecule has 8 aromatic rings. The van der Waals surface area contributed by atoms with Crippen molar-refractivity contribution in [3.05, 3.63) is 193 Å². The van der Waals surface area contributed by atoms with Crippen LogP contribution in [-0.4, -0.2) is 0 Å². The third kappa shape index (κ3) is 5.05. The van der Waals surface area contributed by atoms with E-state index in [1.54, 1.807) is 0 Å². The second-order valence-electron chi connectivity index (χ2n) is 13.5. The molecule has 0 atom stereocenters. The minimum Gasteiger partial charge on any atom is -0.317 e. The number of benzene rings is 8. The van der Waals surface area contributed by atoms with E-state index in [0.29, 0.717) is 0 Å². The third-order valence-corrected chi connectivity index (χ3v) is 10.2. The minimum atomic E-state index is -0.181. The Balaban J connectivity index is 1.16. The molecule has 0 spiro atoms. The van der Waals surface area contributed by atoms with Crippen molar-refractivity contribution in [2.75, 3.05) is 9.80 Å². The summed E-state index contributed by atoms with van der Waals surface area (Å²) in [6.45, 7) is 4.71. The van der Waals surface area contributed by atoms with Crippen LogP contribution >= 0.6 is 0 Å². The van der Waals surface area contributed by atoms with Gasteiger partial charge in [0.2, 0.25) is 0 Å². The van der Waals surface area contributed by atoms with Gasteiger partial charge in [-0.2, -0.15) is 0 Å². The van der Waals surface area contributed by atoms with Crippen LogP contribution in [0.5, 0.6) is 0 Å². The van der Waals surface area contributed by atoms with Gasteiger partial charge in [0, 0.05) is 28.7 Å². The summed E-state index contributed by atoms with van der Waals surface area (Å²) in [6.07, 6.45) is 4.47. The molecule has 0 aliphatic carbocycles. The molecule has 0 unspecified atom stereocenters. The fourth-order valence-corrected chi connectivity index (χ4v) is 7.55. The molecule has 2 nitrogen and oxygen atoms in total. The zero-order valence-electron chi connectivity index (χ0n) is 27.7. The van der Waals surface area contributed by atoms with E-state index in [1.165, 1.54) is 60.5 Å². The molecule has 234 valence electrons. The lowest BCUT2D eigenvalue weighted by Crippen LogP contribution is -2.30. The molecular formula is C47H36N2. The molecule has 0 radical (unpaired) electrons. The van der Waals surface area contributed by atoms with Crippen molar-refractivity contribution >= 4 is 66.8 Å². The molecule has 0 bridgehead atoms. The Morgan fingerprint density at radius 2 is 0.959 bits per heavy atom. The van der Waals surface area contributed by atoms with Crippen molar-refractivity contribution < 1.29 is 0 Å². The predicted octanol–water partition coefficient (Wildman–Crippen LogP) is 13.1. The number of hydrogen-bond acceptors (Lipinski definition) is 2. The molecule has 8 aromatic carbocycles. The molecule has 1 aliphatic rings. The molecule has 0 saturated carbocycles. The lowest BCUT2D eigenvalue weighted by atomic mass is 9.73. The Bertz CT molecular complexity index is 2480. The molecule has 1 heterocycles. The van der Waals surface area contributed by atoms with Crippen molar-refractivity contribution in [2.45, 2.75) is 19.3 Å². The third-order valence-electron chi connectivity index (χ3n) is 10.2. The van der Waals surface area contributed by atoms with Gasteiger partial charge < -0.3 is 9.80 Å². The molecular weight excluding hydrogens is 593 g/mol. The van der Waals surface area contributed by atoms with E-state index < -0.39 is 0 Å². The van der Waals surface area contributed by atoms with E-state index in [-0.39, 0.29) is 5.41 Å². The van der Waals surface area contributed by atoms with Gasteiger partial charge in [-0.05, 0) is 110 Å². The molecule has 9 rings (SSSR count). The van der Waals surface area contributed by atoms with Crippen LogP contribution in [0.15, 0.2) is 176 Å². The van der Waals surface area contributed by atoms with Crippen LogP contribution in [0.1, 0.15) is 30.5 Å². The van der Waals surface area contributed by atoms with Crippen LogP contribution in [0, 0.1) is 0 Å². The van der Waals surface area contributed by atoms with Gasteiger partial charge in [-0.15, -0.1) is 0 Å². The van der Waals surface area contributed by atoms with Crippen molar-refractivity contribution in [1.29, 1.82) is 0 Å². The van der Waals surface area contributed by atoms with E-state index in [1.807, 2.05) is 0 Å². The average molecular weight is 629 g/mol. The van der Waals surface area contributed by atoms with Crippen LogP contribution in [-0.2, 0) is 5.41 Å². The molecule has 49 heavy (non-hydrogen) atoms. The maximum Gasteiger partial charge on any atom is 0.0503 e. The van der Waals surface area contributed by atoms with E-state index in [2.05, 4.69) is 206 Å². The summed E-state index contributed by atoms with van der Waals surface area (Å²) >= 11 is 0. The smallest absolute Gasteiger partial charge is 0.0503 e. The fourth-order valence-electron chi connectivity index (χ4n) is 7.55. The quantitative estimate of drug-likeness (QED) is 0.187. The lowest BCUT2D eigenvalue weighted by molar-refractivity contribution is 0.632. The molecule has 0 amide bonds. The maximum atomic E-state index is 2.44. The first-order valence-corrected chi connectivity index (χ1v) is 17.0. The SMILES string of the molecule is CC1(C)c2ccccc2N(c2ccc3ccccc3c2)c2ccc(/C=C/N(c3ccc4ccccc4c3)c3ccc4ccccc4c3)cc21. The van der Waals surface area contributed by atoms with E-state index in [0.717, 1.165) is 16.9 Å². The van der Waals surface area contributed by atoms with Gasteiger partial charge in [-0.1, -0.05) is 129 Å². The monoisotopic (exact) mass is 628 g/mol. The Hall–Kier alpha value is -6.12. The Labute approximate surface area is 287 Å². The summed E-state index contributed by atoms with van der Waals surface area (Å²) < 4.78 is 0. The van der Waals surface area contributed by atoms with Crippen LogP contribution in [0.25, 0.3) is 38.4 Å². The summed E-state index contributed by atoms with van der Waals surface area (Å²) in [7, 11) is 0. The largest absolute Gasteiger partial charge is 0.317 e. The zero-order valence-corrected chi connectivity index (χ0v) is 27.7. The summed E-state index contributed by atoms with van der Waals surface area (Å²) in [5.74, 6) is 0. The topological polar surface area (TPSA) is 6.48 Å². The van der Waals surface area contributed by atoms with Crippen molar-refractivity contribution in [1.82, 2.24) is 0 Å². The Morgan fingerprint density at radius 1 is 0.449 bits per heavy atom. The van der Waals surface area contributed by atoms with Gasteiger partial charge in [-0.3, -0.25) is 0 Å². The summed E-state index contributed by atoms with van der Waals surface area (Å²) in [6, 6.07) is 61.8. The highest BCUT2D eigenvalue weighted by Gasteiger charge is 2.36. The maximum absolute atomic E-state index is 2.44. The van der Waals surface area contributed by atoms with Crippen LogP contribution in [0.2, 0.25) is 0 Å². The van der Waals surface area contributed by atoms with Crippen LogP contribution in [0.3, 0.4) is 0 Å². The summed E-state index contributed by atoms with van der Waals surface area (Å²) in [4.78, 5) is 4.74. The first kappa shape index (κ1) is 29.1. The van der Waals surface area contributed by atoms with Crippen LogP contribution in [0.4, 0.5) is 28.4 Å². The molecule has 1 aliphatic heterocycles. The molecule has 0 N–H and O–H groups in total. The average Bonchev–Trinajstić information content (AvgIpc) is 3.15. The van der Waals surface area contributed by atoms with Gasteiger partial charge in [0.15, 0.2) is 0 Å². The number of nitrogens with zero attached hydrogens (tertiary/aromatic N) is 2.